The number of rotatable bonds is 5. The first-order valence-corrected chi connectivity index (χ1v) is 9.11. The third kappa shape index (κ3) is 4.35. The number of hydrogen-bond acceptors (Lipinski definition) is 4. The number of piperidine rings is 1. The fourth-order valence-electron chi connectivity index (χ4n) is 3.28. The Labute approximate surface area is 149 Å². The number of carbonyl (C=O) groups excluding carboxylic acids is 1. The minimum Gasteiger partial charge on any atom is -0.365 e. The number of benzene rings is 1. The van der Waals surface area contributed by atoms with Crippen molar-refractivity contribution in [1.29, 1.82) is 0 Å². The summed E-state index contributed by atoms with van der Waals surface area (Å²) in [6.07, 6.45) is 4.36. The van der Waals surface area contributed by atoms with Crippen LogP contribution >= 0.6 is 0 Å². The summed E-state index contributed by atoms with van der Waals surface area (Å²) in [6, 6.07) is 12.3. The molecule has 132 valence electrons. The number of nitrogens with zero attached hydrogens (tertiary/aromatic N) is 3. The van der Waals surface area contributed by atoms with Crippen molar-refractivity contribution < 1.29 is 4.79 Å². The number of amides is 1. The third-order valence-electron chi connectivity index (χ3n) is 4.84. The normalized spacial score (nSPS) is 17.4. The predicted molar refractivity (Wildman–Crippen MR) is 99.5 cm³/mol. The summed E-state index contributed by atoms with van der Waals surface area (Å²) >= 11 is 0. The summed E-state index contributed by atoms with van der Waals surface area (Å²) in [5.41, 5.74) is 2.86. The molecule has 0 radical (unpaired) electrons. The van der Waals surface area contributed by atoms with Gasteiger partial charge in [-0.15, -0.1) is 10.2 Å². The van der Waals surface area contributed by atoms with Gasteiger partial charge in [0, 0.05) is 19.1 Å². The van der Waals surface area contributed by atoms with Gasteiger partial charge in [-0.25, -0.2) is 0 Å². The fraction of sp³-hybridized carbons (Fsp3) is 0.450. The lowest BCUT2D eigenvalue weighted by Crippen LogP contribution is -2.43. The van der Waals surface area contributed by atoms with Crippen molar-refractivity contribution in [1.82, 2.24) is 15.1 Å². The van der Waals surface area contributed by atoms with E-state index in [0.29, 0.717) is 24.1 Å². The highest BCUT2D eigenvalue weighted by Crippen LogP contribution is 2.21. The minimum absolute atomic E-state index is 0.00383. The van der Waals surface area contributed by atoms with E-state index in [9.17, 15) is 4.79 Å². The second-order valence-electron chi connectivity index (χ2n) is 6.70. The van der Waals surface area contributed by atoms with Crippen LogP contribution in [0.2, 0.25) is 0 Å². The highest BCUT2D eigenvalue weighted by molar-refractivity contribution is 5.92. The minimum atomic E-state index is 0.00383. The van der Waals surface area contributed by atoms with Gasteiger partial charge in [-0.2, -0.15) is 0 Å². The molecule has 5 nitrogen and oxygen atoms in total. The highest BCUT2D eigenvalue weighted by atomic mass is 16.2. The molecule has 3 rings (SSSR count). The molecule has 0 saturated carbocycles. The average molecular weight is 338 g/mol. The van der Waals surface area contributed by atoms with Gasteiger partial charge < -0.3 is 10.2 Å². The van der Waals surface area contributed by atoms with Gasteiger partial charge in [0.25, 0.3) is 5.91 Å². The van der Waals surface area contributed by atoms with Crippen LogP contribution in [0.3, 0.4) is 0 Å². The first-order valence-electron chi connectivity index (χ1n) is 9.11. The van der Waals surface area contributed by atoms with Crippen molar-refractivity contribution >= 4 is 11.7 Å². The van der Waals surface area contributed by atoms with E-state index in [0.717, 1.165) is 25.8 Å². The Morgan fingerprint density at radius 1 is 1.16 bits per heavy atom. The van der Waals surface area contributed by atoms with Crippen molar-refractivity contribution in [2.75, 3.05) is 11.9 Å². The van der Waals surface area contributed by atoms with Crippen LogP contribution in [0.25, 0.3) is 0 Å². The molecule has 1 unspecified atom stereocenters. The first kappa shape index (κ1) is 17.4. The molecule has 1 aliphatic rings. The summed E-state index contributed by atoms with van der Waals surface area (Å²) in [6.45, 7) is 5.72. The Morgan fingerprint density at radius 3 is 2.64 bits per heavy atom. The molecular formula is C20H26N4O. The Kier molecular flexibility index (Phi) is 5.64. The second kappa shape index (κ2) is 8.10. The molecular weight excluding hydrogens is 312 g/mol. The summed E-state index contributed by atoms with van der Waals surface area (Å²) in [5, 5.41) is 11.6. The van der Waals surface area contributed by atoms with Crippen molar-refractivity contribution in [2.45, 2.75) is 52.1 Å². The van der Waals surface area contributed by atoms with Crippen molar-refractivity contribution in [3.05, 3.63) is 53.2 Å². The Bertz CT molecular complexity index is 697. The van der Waals surface area contributed by atoms with Gasteiger partial charge in [0.05, 0.1) is 0 Å². The predicted octanol–water partition coefficient (Wildman–Crippen LogP) is 3.80. The van der Waals surface area contributed by atoms with Gasteiger partial charge >= 0.3 is 0 Å². The van der Waals surface area contributed by atoms with E-state index in [-0.39, 0.29) is 5.91 Å². The number of nitrogens with one attached hydrogen (secondary N) is 1. The lowest BCUT2D eigenvalue weighted by atomic mass is 9.99. The molecule has 5 heteroatoms. The lowest BCUT2D eigenvalue weighted by molar-refractivity contribution is 0.0601. The Morgan fingerprint density at radius 2 is 1.96 bits per heavy atom. The van der Waals surface area contributed by atoms with Gasteiger partial charge in [0.15, 0.2) is 5.69 Å². The van der Waals surface area contributed by atoms with Crippen LogP contribution in [0.4, 0.5) is 5.82 Å². The summed E-state index contributed by atoms with van der Waals surface area (Å²) in [4.78, 5) is 14.7. The molecule has 1 saturated heterocycles. The van der Waals surface area contributed by atoms with E-state index < -0.39 is 0 Å². The van der Waals surface area contributed by atoms with E-state index in [1.165, 1.54) is 17.5 Å². The second-order valence-corrected chi connectivity index (χ2v) is 6.70. The molecule has 1 atom stereocenters. The van der Waals surface area contributed by atoms with Crippen LogP contribution in [0.15, 0.2) is 36.4 Å². The molecule has 1 fully saturated rings. The van der Waals surface area contributed by atoms with Gasteiger partial charge in [0.1, 0.15) is 5.82 Å². The zero-order valence-electron chi connectivity index (χ0n) is 15.0. The quantitative estimate of drug-likeness (QED) is 0.901. The van der Waals surface area contributed by atoms with Gasteiger partial charge in [-0.05, 0) is 50.3 Å². The van der Waals surface area contributed by atoms with E-state index >= 15 is 0 Å². The van der Waals surface area contributed by atoms with Gasteiger partial charge in [-0.3, -0.25) is 4.79 Å². The number of aryl methyl sites for hydroxylation is 1. The molecule has 1 aromatic heterocycles. The molecule has 0 bridgehead atoms. The Balaban J connectivity index is 1.61. The number of hydrogen-bond donors (Lipinski definition) is 1. The number of aromatic nitrogens is 2. The molecule has 1 N–H and O–H groups in total. The van der Waals surface area contributed by atoms with Crippen molar-refractivity contribution in [2.24, 2.45) is 0 Å². The molecule has 2 aromatic rings. The zero-order chi connectivity index (χ0) is 17.6. The van der Waals surface area contributed by atoms with Crippen LogP contribution in [0.5, 0.6) is 0 Å². The standard InChI is InChI=1S/C20H26N4O/c1-3-17-6-4-5-13-24(17)20(25)18-11-12-19(23-22-18)21-14-16-9-7-15(2)8-10-16/h7-12,17H,3-6,13-14H2,1-2H3,(H,21,23). The SMILES string of the molecule is CCC1CCCCN1C(=O)c1ccc(NCc2ccc(C)cc2)nn1. The van der Waals surface area contributed by atoms with Crippen LogP contribution in [-0.4, -0.2) is 33.6 Å². The maximum Gasteiger partial charge on any atom is 0.274 e. The molecule has 1 amide bonds. The van der Waals surface area contributed by atoms with Crippen LogP contribution in [-0.2, 0) is 6.54 Å². The fourth-order valence-corrected chi connectivity index (χ4v) is 3.28. The van der Waals surface area contributed by atoms with E-state index in [1.54, 1.807) is 6.07 Å². The molecule has 1 aromatic carbocycles. The monoisotopic (exact) mass is 338 g/mol. The molecule has 0 aliphatic carbocycles. The Hall–Kier alpha value is -2.43. The molecule has 0 spiro atoms. The summed E-state index contributed by atoms with van der Waals surface area (Å²) < 4.78 is 0. The number of likely N-dealkylation sites (tertiary alicyclic amines) is 1. The summed E-state index contributed by atoms with van der Waals surface area (Å²) in [5.74, 6) is 0.687. The summed E-state index contributed by atoms with van der Waals surface area (Å²) in [7, 11) is 0. The van der Waals surface area contributed by atoms with Crippen LogP contribution < -0.4 is 5.32 Å². The molecule has 1 aliphatic heterocycles. The topological polar surface area (TPSA) is 58.1 Å². The maximum absolute atomic E-state index is 12.7. The largest absolute Gasteiger partial charge is 0.365 e. The average Bonchev–Trinajstić information content (AvgIpc) is 2.67. The van der Waals surface area contributed by atoms with Crippen molar-refractivity contribution in [3.63, 3.8) is 0 Å². The van der Waals surface area contributed by atoms with Gasteiger partial charge in [-0.1, -0.05) is 36.8 Å². The third-order valence-corrected chi connectivity index (χ3v) is 4.84. The van der Waals surface area contributed by atoms with E-state index in [1.807, 2.05) is 11.0 Å². The van der Waals surface area contributed by atoms with Crippen molar-refractivity contribution in [3.8, 4) is 0 Å². The molecule has 25 heavy (non-hydrogen) atoms. The lowest BCUT2D eigenvalue weighted by Gasteiger charge is -2.34. The van der Waals surface area contributed by atoms with E-state index in [4.69, 9.17) is 0 Å². The zero-order valence-corrected chi connectivity index (χ0v) is 15.0. The smallest absolute Gasteiger partial charge is 0.274 e. The maximum atomic E-state index is 12.7. The number of carbonyl (C=O) groups is 1. The van der Waals surface area contributed by atoms with E-state index in [2.05, 4.69) is 53.6 Å². The first-order chi connectivity index (χ1) is 12.2. The van der Waals surface area contributed by atoms with Gasteiger partial charge in [0.2, 0.25) is 0 Å². The van der Waals surface area contributed by atoms with Crippen LogP contribution in [0, 0.1) is 6.92 Å². The highest BCUT2D eigenvalue weighted by Gasteiger charge is 2.27. The number of anilines is 1. The molecule has 2 heterocycles. The van der Waals surface area contributed by atoms with Crippen LogP contribution in [0.1, 0.15) is 54.2 Å².